The lowest BCUT2D eigenvalue weighted by atomic mass is 9.95. The molecule has 8 nitrogen and oxygen atoms in total. The second-order valence-electron chi connectivity index (χ2n) is 12.6. The Hall–Kier alpha value is -4.14. The third-order valence-electron chi connectivity index (χ3n) is 9.80. The van der Waals surface area contributed by atoms with Gasteiger partial charge in [0.2, 0.25) is 0 Å². The monoisotopic (exact) mass is 600 g/mol. The van der Waals surface area contributed by atoms with E-state index < -0.39 is 23.3 Å². The maximum Gasteiger partial charge on any atom is 0.320 e. The Labute approximate surface area is 252 Å². The number of hydrogen-bond acceptors (Lipinski definition) is 8. The number of phenols is 1. The molecule has 4 atom stereocenters. The number of aromatic nitrogens is 3. The summed E-state index contributed by atoms with van der Waals surface area (Å²) in [4.78, 5) is 18.3. The van der Waals surface area contributed by atoms with Crippen LogP contribution in [0.25, 0.3) is 33.1 Å². The number of hydrogen-bond donors (Lipinski definition) is 2. The molecule has 4 fully saturated rings. The number of alkyl halides is 1. The predicted octanol–water partition coefficient (Wildman–Crippen LogP) is 4.71. The lowest BCUT2D eigenvalue weighted by Crippen LogP contribution is -2.51. The molecule has 2 N–H and O–H groups in total. The highest BCUT2D eigenvalue weighted by atomic mass is 19.1. The Balaban J connectivity index is 1.27. The number of fused-ring (bicyclic) bond motifs is 5. The molecule has 0 amide bonds. The number of nitrogens with one attached hydrogen (secondary N) is 1. The van der Waals surface area contributed by atoms with Crippen molar-refractivity contribution in [3.05, 3.63) is 47.5 Å². The Kier molecular flexibility index (Phi) is 6.36. The summed E-state index contributed by atoms with van der Waals surface area (Å²) in [5, 5.41) is 15.2. The quantitative estimate of drug-likeness (QED) is 0.319. The number of anilines is 1. The minimum Gasteiger partial charge on any atom is -0.508 e. The molecule has 0 radical (unpaired) electrons. The first-order valence-corrected chi connectivity index (χ1v) is 15.1. The Morgan fingerprint density at radius 3 is 2.68 bits per heavy atom. The SMILES string of the molecule is C#Cc1c(F)ccc2cc(O)cc(-c3nc4nc(OC[C@@]56CCCN5C[C@H](F)C6)nc(N5C[C@H]6CC[C@@H](C5)N6)c4cc3F)c12. The number of halogens is 3. The first kappa shape index (κ1) is 27.4. The van der Waals surface area contributed by atoms with E-state index in [-0.39, 0.29) is 46.2 Å². The molecule has 0 saturated carbocycles. The van der Waals surface area contributed by atoms with Crippen molar-refractivity contribution in [2.24, 2.45) is 0 Å². The molecule has 4 aromatic rings. The first-order chi connectivity index (χ1) is 21.3. The Bertz CT molecular complexity index is 1850. The van der Waals surface area contributed by atoms with Gasteiger partial charge in [-0.3, -0.25) is 4.90 Å². The van der Waals surface area contributed by atoms with E-state index in [1.54, 1.807) is 0 Å². The average molecular weight is 601 g/mol. The zero-order valence-corrected chi connectivity index (χ0v) is 24.0. The third kappa shape index (κ3) is 4.42. The first-order valence-electron chi connectivity index (χ1n) is 15.1. The third-order valence-corrected chi connectivity index (χ3v) is 9.80. The number of aromatic hydroxyl groups is 1. The van der Waals surface area contributed by atoms with Crippen LogP contribution >= 0.6 is 0 Å². The molecule has 11 heteroatoms. The number of ether oxygens (including phenoxy) is 1. The van der Waals surface area contributed by atoms with Crippen LogP contribution in [0.15, 0.2) is 30.3 Å². The highest BCUT2D eigenvalue weighted by molar-refractivity contribution is 6.02. The van der Waals surface area contributed by atoms with Crippen molar-refractivity contribution in [2.45, 2.75) is 55.9 Å². The van der Waals surface area contributed by atoms with Gasteiger partial charge < -0.3 is 20.1 Å². The molecule has 0 unspecified atom stereocenters. The Morgan fingerprint density at radius 2 is 1.89 bits per heavy atom. The zero-order chi connectivity index (χ0) is 30.2. The minimum absolute atomic E-state index is 0.0504. The molecule has 226 valence electrons. The van der Waals surface area contributed by atoms with Gasteiger partial charge in [0.05, 0.1) is 16.5 Å². The van der Waals surface area contributed by atoms with E-state index in [1.165, 1.54) is 30.3 Å². The van der Waals surface area contributed by atoms with Gasteiger partial charge in [-0.15, -0.1) is 6.42 Å². The summed E-state index contributed by atoms with van der Waals surface area (Å²) in [6.07, 6.45) is 9.08. The van der Waals surface area contributed by atoms with Gasteiger partial charge in [-0.2, -0.15) is 9.97 Å². The van der Waals surface area contributed by atoms with Crippen LogP contribution in [0.5, 0.6) is 11.8 Å². The van der Waals surface area contributed by atoms with Crippen molar-refractivity contribution in [3.8, 4) is 35.4 Å². The molecule has 4 saturated heterocycles. The Morgan fingerprint density at radius 1 is 1.07 bits per heavy atom. The molecule has 2 aromatic heterocycles. The number of nitrogens with zero attached hydrogens (tertiary/aromatic N) is 5. The second-order valence-corrected chi connectivity index (χ2v) is 12.6. The van der Waals surface area contributed by atoms with Crippen molar-refractivity contribution in [2.75, 3.05) is 37.7 Å². The molecular formula is C33H31F3N6O2. The lowest BCUT2D eigenvalue weighted by Gasteiger charge is -2.34. The van der Waals surface area contributed by atoms with Crippen LogP contribution < -0.4 is 15.0 Å². The van der Waals surface area contributed by atoms with Crippen molar-refractivity contribution in [3.63, 3.8) is 0 Å². The van der Waals surface area contributed by atoms with Gasteiger partial charge in [-0.05, 0) is 61.9 Å². The molecule has 4 aliphatic rings. The van der Waals surface area contributed by atoms with Crippen molar-refractivity contribution in [1.29, 1.82) is 0 Å². The van der Waals surface area contributed by atoms with Crippen LogP contribution in [0, 0.1) is 24.0 Å². The second kappa shape index (κ2) is 10.2. The maximum absolute atomic E-state index is 16.1. The minimum atomic E-state index is -0.898. The van der Waals surface area contributed by atoms with E-state index in [9.17, 15) is 13.9 Å². The molecule has 8 rings (SSSR count). The number of rotatable bonds is 5. The van der Waals surface area contributed by atoms with Gasteiger partial charge in [0.25, 0.3) is 0 Å². The van der Waals surface area contributed by atoms with Crippen LogP contribution in [0.1, 0.15) is 37.7 Å². The largest absolute Gasteiger partial charge is 0.508 e. The summed E-state index contributed by atoms with van der Waals surface area (Å²) in [6, 6.07) is 7.48. The number of terminal acetylenes is 1. The molecular weight excluding hydrogens is 569 g/mol. The predicted molar refractivity (Wildman–Crippen MR) is 160 cm³/mol. The molecule has 4 aliphatic heterocycles. The molecule has 2 bridgehead atoms. The highest BCUT2D eigenvalue weighted by Crippen LogP contribution is 2.41. The van der Waals surface area contributed by atoms with E-state index in [0.29, 0.717) is 54.7 Å². The van der Waals surface area contributed by atoms with E-state index in [2.05, 4.69) is 31.0 Å². The van der Waals surface area contributed by atoms with Crippen molar-refractivity contribution < 1.29 is 23.0 Å². The average Bonchev–Trinajstić information content (AvgIpc) is 3.65. The van der Waals surface area contributed by atoms with E-state index in [0.717, 1.165) is 32.2 Å². The van der Waals surface area contributed by atoms with Crippen LogP contribution in [0.3, 0.4) is 0 Å². The summed E-state index contributed by atoms with van der Waals surface area (Å²) >= 11 is 0. The summed E-state index contributed by atoms with van der Waals surface area (Å²) in [5.41, 5.74) is -0.240. The molecule has 6 heterocycles. The van der Waals surface area contributed by atoms with E-state index in [1.807, 2.05) is 0 Å². The number of piperazine rings is 1. The summed E-state index contributed by atoms with van der Waals surface area (Å²) in [6.45, 7) is 2.85. The number of benzene rings is 2. The molecule has 0 spiro atoms. The number of phenolic OH excluding ortho intramolecular Hbond substituents is 1. The van der Waals surface area contributed by atoms with Gasteiger partial charge in [0, 0.05) is 49.1 Å². The van der Waals surface area contributed by atoms with Crippen molar-refractivity contribution >= 4 is 27.6 Å². The van der Waals surface area contributed by atoms with Gasteiger partial charge >= 0.3 is 6.01 Å². The molecule has 44 heavy (non-hydrogen) atoms. The lowest BCUT2D eigenvalue weighted by molar-refractivity contribution is 0.107. The van der Waals surface area contributed by atoms with Gasteiger partial charge in [-0.25, -0.2) is 18.2 Å². The standard InChI is InChI=1S/C33H31F3N6O2/c1-2-23-26(35)7-4-18-10-22(43)11-24(28(18)23)29-27(36)12-25-30(38-29)39-32(40-31(25)41-15-20-5-6-21(16-41)37-20)44-17-33-8-3-9-42(33)14-19(34)13-33/h1,4,7,10-12,19-21,37,43H,3,5-6,8-9,13-17H2/t19-,20-,21+,33+/m1/s1. The zero-order valence-electron chi connectivity index (χ0n) is 24.0. The summed E-state index contributed by atoms with van der Waals surface area (Å²) in [5.74, 6) is 1.43. The fourth-order valence-electron chi connectivity index (χ4n) is 7.86. The number of pyridine rings is 1. The van der Waals surface area contributed by atoms with Crippen LogP contribution in [0.4, 0.5) is 19.0 Å². The van der Waals surface area contributed by atoms with Crippen LogP contribution in [0.2, 0.25) is 0 Å². The molecule has 0 aliphatic carbocycles. The van der Waals surface area contributed by atoms with E-state index >= 15 is 4.39 Å². The van der Waals surface area contributed by atoms with Crippen LogP contribution in [-0.2, 0) is 0 Å². The summed E-state index contributed by atoms with van der Waals surface area (Å²) < 4.78 is 51.6. The molecule has 2 aromatic carbocycles. The topological polar surface area (TPSA) is 86.6 Å². The smallest absolute Gasteiger partial charge is 0.320 e. The van der Waals surface area contributed by atoms with Crippen LogP contribution in [-0.4, -0.2) is 81.5 Å². The van der Waals surface area contributed by atoms with Gasteiger partial charge in [-0.1, -0.05) is 12.0 Å². The van der Waals surface area contributed by atoms with Gasteiger partial charge in [0.15, 0.2) is 5.65 Å². The van der Waals surface area contributed by atoms with Gasteiger partial charge in [0.1, 0.15) is 41.7 Å². The highest BCUT2D eigenvalue weighted by Gasteiger charge is 2.49. The normalized spacial score (nSPS) is 26.4. The fraction of sp³-hybridized carbons (Fsp3) is 0.424. The van der Waals surface area contributed by atoms with Crippen molar-refractivity contribution in [1.82, 2.24) is 25.2 Å². The summed E-state index contributed by atoms with van der Waals surface area (Å²) in [7, 11) is 0. The maximum atomic E-state index is 16.1. The fourth-order valence-corrected chi connectivity index (χ4v) is 7.86. The van der Waals surface area contributed by atoms with E-state index in [4.69, 9.17) is 16.1 Å².